The predicted molar refractivity (Wildman–Crippen MR) is 124 cm³/mol. The zero-order chi connectivity index (χ0) is 23.2. The van der Waals surface area contributed by atoms with Gasteiger partial charge in [0, 0.05) is 29.7 Å². The SMILES string of the molecule is Cc1cc2oc(C(=O)Nc3ccc(S(=O)(=O)N4C[C@@H](C)O[C@H](C)C4)cc3)c(C)c2cc1C. The number of nitrogens with zero attached hydrogens (tertiary/aromatic N) is 1. The van der Waals surface area contributed by atoms with Crippen molar-refractivity contribution in [2.24, 2.45) is 0 Å². The lowest BCUT2D eigenvalue weighted by molar-refractivity contribution is -0.0440. The van der Waals surface area contributed by atoms with E-state index in [-0.39, 0.29) is 28.8 Å². The van der Waals surface area contributed by atoms with E-state index in [9.17, 15) is 13.2 Å². The van der Waals surface area contributed by atoms with Gasteiger partial charge in [0.2, 0.25) is 10.0 Å². The second kappa shape index (κ2) is 8.35. The van der Waals surface area contributed by atoms with Crippen LogP contribution in [0.1, 0.15) is 41.1 Å². The van der Waals surface area contributed by atoms with Crippen molar-refractivity contribution in [1.82, 2.24) is 4.31 Å². The minimum Gasteiger partial charge on any atom is -0.451 e. The van der Waals surface area contributed by atoms with Crippen molar-refractivity contribution >= 4 is 32.6 Å². The number of hydrogen-bond donors (Lipinski definition) is 1. The summed E-state index contributed by atoms with van der Waals surface area (Å²) in [5.41, 5.74) is 4.17. The molecule has 2 heterocycles. The molecule has 1 fully saturated rings. The van der Waals surface area contributed by atoms with Gasteiger partial charge in [-0.05, 0) is 82.1 Å². The number of carbonyl (C=O) groups is 1. The molecule has 0 aliphatic carbocycles. The van der Waals surface area contributed by atoms with Crippen LogP contribution in [0.5, 0.6) is 0 Å². The molecule has 7 nitrogen and oxygen atoms in total. The maximum atomic E-state index is 13.0. The summed E-state index contributed by atoms with van der Waals surface area (Å²) in [6.07, 6.45) is -0.321. The molecule has 0 unspecified atom stereocenters. The molecule has 0 spiro atoms. The number of fused-ring (bicyclic) bond motifs is 1. The molecule has 32 heavy (non-hydrogen) atoms. The Morgan fingerprint density at radius 3 is 2.22 bits per heavy atom. The van der Waals surface area contributed by atoms with Gasteiger partial charge in [0.05, 0.1) is 17.1 Å². The molecule has 0 bridgehead atoms. The maximum absolute atomic E-state index is 13.0. The summed E-state index contributed by atoms with van der Waals surface area (Å²) in [6, 6.07) is 10.1. The van der Waals surface area contributed by atoms with Crippen molar-refractivity contribution in [3.8, 4) is 0 Å². The number of rotatable bonds is 4. The Morgan fingerprint density at radius 1 is 1.00 bits per heavy atom. The van der Waals surface area contributed by atoms with E-state index in [0.717, 1.165) is 22.1 Å². The Morgan fingerprint density at radius 2 is 1.59 bits per heavy atom. The molecule has 2 atom stereocenters. The lowest BCUT2D eigenvalue weighted by Crippen LogP contribution is -2.48. The normalized spacial score (nSPS) is 19.9. The number of hydrogen-bond acceptors (Lipinski definition) is 5. The monoisotopic (exact) mass is 456 g/mol. The Bertz CT molecular complexity index is 1270. The topological polar surface area (TPSA) is 88.8 Å². The number of anilines is 1. The van der Waals surface area contributed by atoms with Crippen LogP contribution >= 0.6 is 0 Å². The van der Waals surface area contributed by atoms with E-state index in [2.05, 4.69) is 5.32 Å². The highest BCUT2D eigenvalue weighted by atomic mass is 32.2. The third-order valence-electron chi connectivity index (χ3n) is 5.89. The number of morpholine rings is 1. The number of ether oxygens (including phenoxy) is 1. The van der Waals surface area contributed by atoms with E-state index in [1.54, 1.807) is 12.1 Å². The first-order valence-corrected chi connectivity index (χ1v) is 12.1. The number of aryl methyl sites for hydroxylation is 3. The molecule has 1 saturated heterocycles. The zero-order valence-corrected chi connectivity index (χ0v) is 19.7. The summed E-state index contributed by atoms with van der Waals surface area (Å²) in [7, 11) is -3.64. The van der Waals surface area contributed by atoms with Crippen LogP contribution in [0, 0.1) is 20.8 Å². The van der Waals surface area contributed by atoms with Gasteiger partial charge in [0.15, 0.2) is 5.76 Å². The number of amides is 1. The molecular formula is C24H28N2O5S. The fraction of sp³-hybridized carbons (Fsp3) is 0.375. The third-order valence-corrected chi connectivity index (χ3v) is 7.74. The fourth-order valence-electron chi connectivity index (χ4n) is 4.07. The molecule has 1 aliphatic rings. The molecule has 3 aromatic rings. The number of sulfonamides is 1. The minimum atomic E-state index is -3.64. The first kappa shape index (κ1) is 22.5. The highest BCUT2D eigenvalue weighted by Crippen LogP contribution is 2.29. The fourth-order valence-corrected chi connectivity index (χ4v) is 5.66. The average Bonchev–Trinajstić information content (AvgIpc) is 3.04. The molecule has 1 aliphatic heterocycles. The van der Waals surface area contributed by atoms with Crippen molar-refractivity contribution in [2.45, 2.75) is 51.7 Å². The Balaban J connectivity index is 1.53. The van der Waals surface area contributed by atoms with E-state index < -0.39 is 10.0 Å². The lowest BCUT2D eigenvalue weighted by atomic mass is 10.1. The lowest BCUT2D eigenvalue weighted by Gasteiger charge is -2.34. The van der Waals surface area contributed by atoms with E-state index in [1.807, 2.05) is 46.8 Å². The van der Waals surface area contributed by atoms with Crippen molar-refractivity contribution in [1.29, 1.82) is 0 Å². The first-order valence-electron chi connectivity index (χ1n) is 10.6. The van der Waals surface area contributed by atoms with E-state index in [1.165, 1.54) is 16.4 Å². The summed E-state index contributed by atoms with van der Waals surface area (Å²) >= 11 is 0. The van der Waals surface area contributed by atoms with Gasteiger partial charge in [-0.3, -0.25) is 4.79 Å². The van der Waals surface area contributed by atoms with Gasteiger partial charge >= 0.3 is 0 Å². The van der Waals surface area contributed by atoms with Crippen LogP contribution in [0.2, 0.25) is 0 Å². The second-order valence-corrected chi connectivity index (χ2v) is 10.5. The van der Waals surface area contributed by atoms with Crippen LogP contribution in [-0.4, -0.2) is 43.9 Å². The number of carbonyl (C=O) groups excluding carboxylic acids is 1. The maximum Gasteiger partial charge on any atom is 0.291 e. The van der Waals surface area contributed by atoms with Crippen LogP contribution in [0.15, 0.2) is 45.7 Å². The van der Waals surface area contributed by atoms with Gasteiger partial charge in [-0.2, -0.15) is 4.31 Å². The van der Waals surface area contributed by atoms with Gasteiger partial charge in [-0.1, -0.05) is 0 Å². The van der Waals surface area contributed by atoms with Crippen LogP contribution in [0.3, 0.4) is 0 Å². The van der Waals surface area contributed by atoms with Crippen molar-refractivity contribution in [2.75, 3.05) is 18.4 Å². The molecule has 4 rings (SSSR count). The van der Waals surface area contributed by atoms with Gasteiger partial charge in [-0.15, -0.1) is 0 Å². The van der Waals surface area contributed by atoms with Crippen molar-refractivity contribution in [3.05, 3.63) is 58.8 Å². The molecule has 1 aromatic heterocycles. The highest BCUT2D eigenvalue weighted by molar-refractivity contribution is 7.89. The standard InChI is InChI=1S/C24H28N2O5S/c1-14-10-21-18(5)23(31-22(21)11-15(14)2)24(27)25-19-6-8-20(9-7-19)32(28,29)26-12-16(3)30-17(4)13-26/h6-11,16-17H,12-13H2,1-5H3,(H,25,27)/t16-,17-/m1/s1. The quantitative estimate of drug-likeness (QED) is 0.628. The predicted octanol–water partition coefficient (Wildman–Crippen LogP) is 4.41. The van der Waals surface area contributed by atoms with E-state index >= 15 is 0 Å². The van der Waals surface area contributed by atoms with Crippen LogP contribution in [-0.2, 0) is 14.8 Å². The molecule has 2 aromatic carbocycles. The van der Waals surface area contributed by atoms with Crippen LogP contribution in [0.25, 0.3) is 11.0 Å². The van der Waals surface area contributed by atoms with Crippen molar-refractivity contribution < 1.29 is 22.4 Å². The number of furan rings is 1. The Hall–Kier alpha value is -2.68. The first-order chi connectivity index (χ1) is 15.1. The molecular weight excluding hydrogens is 428 g/mol. The van der Waals surface area contributed by atoms with Gasteiger partial charge < -0.3 is 14.5 Å². The number of nitrogens with one attached hydrogen (secondary N) is 1. The largest absolute Gasteiger partial charge is 0.451 e. The van der Waals surface area contributed by atoms with E-state index in [4.69, 9.17) is 9.15 Å². The summed E-state index contributed by atoms with van der Waals surface area (Å²) in [4.78, 5) is 13.0. The van der Waals surface area contributed by atoms with Gasteiger partial charge in [0.1, 0.15) is 5.58 Å². The summed E-state index contributed by atoms with van der Waals surface area (Å²) < 4.78 is 38.9. The second-order valence-electron chi connectivity index (χ2n) is 8.55. The summed E-state index contributed by atoms with van der Waals surface area (Å²) in [5, 5.41) is 3.71. The summed E-state index contributed by atoms with van der Waals surface area (Å²) in [6.45, 7) is 10.2. The minimum absolute atomic E-state index is 0.160. The average molecular weight is 457 g/mol. The van der Waals surface area contributed by atoms with Gasteiger partial charge in [0.25, 0.3) is 5.91 Å². The number of benzene rings is 2. The smallest absolute Gasteiger partial charge is 0.291 e. The van der Waals surface area contributed by atoms with Crippen LogP contribution < -0.4 is 5.32 Å². The van der Waals surface area contributed by atoms with E-state index in [0.29, 0.717) is 24.4 Å². The molecule has 0 saturated carbocycles. The summed E-state index contributed by atoms with van der Waals surface area (Å²) in [5.74, 6) is -0.126. The molecule has 1 N–H and O–H groups in total. The van der Waals surface area contributed by atoms with Crippen LogP contribution in [0.4, 0.5) is 5.69 Å². The van der Waals surface area contributed by atoms with Gasteiger partial charge in [-0.25, -0.2) is 8.42 Å². The Labute approximate surface area is 188 Å². The Kier molecular flexibility index (Phi) is 5.87. The highest BCUT2D eigenvalue weighted by Gasteiger charge is 2.32. The zero-order valence-electron chi connectivity index (χ0n) is 18.9. The molecule has 1 amide bonds. The molecule has 170 valence electrons. The third kappa shape index (κ3) is 4.18. The molecule has 0 radical (unpaired) electrons. The van der Waals surface area contributed by atoms with Crippen molar-refractivity contribution in [3.63, 3.8) is 0 Å². The molecule has 8 heteroatoms.